The molecule has 1 heterocycles. The molecule has 2 nitrogen and oxygen atoms in total. The predicted molar refractivity (Wildman–Crippen MR) is 85.5 cm³/mol. The lowest BCUT2D eigenvalue weighted by molar-refractivity contribution is 0.403. The number of benzene rings is 1. The predicted octanol–water partition coefficient (Wildman–Crippen LogP) is 4.06. The molecule has 1 saturated heterocycles. The molecular weight excluding hydrogens is 378 g/mol. The SMILES string of the molecule is COc1c(Br)cc(Br)cc1CNCC1CCSC1. The van der Waals surface area contributed by atoms with Crippen molar-refractivity contribution in [3.8, 4) is 5.75 Å². The molecule has 1 N–H and O–H groups in total. The number of thioether (sulfide) groups is 1. The average molecular weight is 395 g/mol. The van der Waals surface area contributed by atoms with E-state index >= 15 is 0 Å². The molecule has 0 spiro atoms. The van der Waals surface area contributed by atoms with Crippen LogP contribution in [0.15, 0.2) is 21.1 Å². The zero-order chi connectivity index (χ0) is 13.0. The van der Waals surface area contributed by atoms with Gasteiger partial charge in [-0.05, 0) is 58.5 Å². The number of halogens is 2. The average Bonchev–Trinajstić information content (AvgIpc) is 2.81. The second kappa shape index (κ2) is 7.17. The van der Waals surface area contributed by atoms with Crippen molar-refractivity contribution >= 4 is 43.6 Å². The van der Waals surface area contributed by atoms with Gasteiger partial charge >= 0.3 is 0 Å². The van der Waals surface area contributed by atoms with Crippen molar-refractivity contribution in [3.05, 3.63) is 26.6 Å². The van der Waals surface area contributed by atoms with E-state index in [-0.39, 0.29) is 0 Å². The first-order chi connectivity index (χ1) is 8.70. The second-order valence-electron chi connectivity index (χ2n) is 4.44. The molecule has 0 aliphatic carbocycles. The van der Waals surface area contributed by atoms with E-state index in [1.165, 1.54) is 23.5 Å². The minimum atomic E-state index is 0.830. The van der Waals surface area contributed by atoms with E-state index in [1.807, 2.05) is 6.07 Å². The van der Waals surface area contributed by atoms with E-state index in [4.69, 9.17) is 4.74 Å². The fraction of sp³-hybridized carbons (Fsp3) is 0.538. The van der Waals surface area contributed by atoms with Crippen LogP contribution in [-0.4, -0.2) is 25.2 Å². The van der Waals surface area contributed by atoms with Gasteiger partial charge in [-0.3, -0.25) is 0 Å². The van der Waals surface area contributed by atoms with Gasteiger partial charge in [0.2, 0.25) is 0 Å². The molecule has 0 saturated carbocycles. The molecule has 0 amide bonds. The Balaban J connectivity index is 1.95. The van der Waals surface area contributed by atoms with Crippen LogP contribution in [0.25, 0.3) is 0 Å². The Kier molecular flexibility index (Phi) is 5.86. The molecular formula is C13H17Br2NOS. The first-order valence-electron chi connectivity index (χ1n) is 6.01. The summed E-state index contributed by atoms with van der Waals surface area (Å²) in [5, 5.41) is 3.54. The highest BCUT2D eigenvalue weighted by atomic mass is 79.9. The Morgan fingerprint density at radius 3 is 2.94 bits per heavy atom. The van der Waals surface area contributed by atoms with Crippen molar-refractivity contribution in [3.63, 3.8) is 0 Å². The van der Waals surface area contributed by atoms with E-state index in [2.05, 4.69) is 55.0 Å². The van der Waals surface area contributed by atoms with Crippen LogP contribution in [0.3, 0.4) is 0 Å². The highest BCUT2D eigenvalue weighted by Gasteiger charge is 2.15. The van der Waals surface area contributed by atoms with Gasteiger partial charge in [-0.1, -0.05) is 15.9 Å². The molecule has 1 aromatic carbocycles. The standard InChI is InChI=1S/C13H17Br2NOS/c1-17-13-10(4-11(14)5-12(13)15)7-16-6-9-2-3-18-8-9/h4-5,9,16H,2-3,6-8H2,1H3. The Labute approximate surface area is 130 Å². The van der Waals surface area contributed by atoms with Crippen LogP contribution in [-0.2, 0) is 6.54 Å². The summed E-state index contributed by atoms with van der Waals surface area (Å²) >= 11 is 9.11. The van der Waals surface area contributed by atoms with Crippen molar-refractivity contribution in [2.24, 2.45) is 5.92 Å². The summed E-state index contributed by atoms with van der Waals surface area (Å²) in [6.07, 6.45) is 1.34. The number of ether oxygens (including phenoxy) is 1. The number of nitrogens with one attached hydrogen (secondary N) is 1. The fourth-order valence-electron chi connectivity index (χ4n) is 2.13. The van der Waals surface area contributed by atoms with Gasteiger partial charge in [-0.25, -0.2) is 0 Å². The fourth-order valence-corrected chi connectivity index (χ4v) is 4.89. The molecule has 18 heavy (non-hydrogen) atoms. The molecule has 1 fully saturated rings. The van der Waals surface area contributed by atoms with Crippen LogP contribution < -0.4 is 10.1 Å². The van der Waals surface area contributed by atoms with Crippen LogP contribution in [0, 0.1) is 5.92 Å². The third-order valence-electron chi connectivity index (χ3n) is 3.06. The maximum atomic E-state index is 5.44. The Morgan fingerprint density at radius 1 is 1.44 bits per heavy atom. The minimum Gasteiger partial charge on any atom is -0.495 e. The quantitative estimate of drug-likeness (QED) is 0.813. The molecule has 0 bridgehead atoms. The molecule has 1 aliphatic heterocycles. The first kappa shape index (κ1) is 14.7. The summed E-state index contributed by atoms with van der Waals surface area (Å²) in [7, 11) is 1.71. The van der Waals surface area contributed by atoms with Gasteiger partial charge in [0.15, 0.2) is 0 Å². The first-order valence-corrected chi connectivity index (χ1v) is 8.75. The third kappa shape index (κ3) is 3.89. The third-order valence-corrected chi connectivity index (χ3v) is 5.34. The normalized spacial score (nSPS) is 19.2. The van der Waals surface area contributed by atoms with Gasteiger partial charge in [-0.15, -0.1) is 0 Å². The van der Waals surface area contributed by atoms with Gasteiger partial charge in [0.1, 0.15) is 5.75 Å². The number of hydrogen-bond donors (Lipinski definition) is 1. The van der Waals surface area contributed by atoms with Gasteiger partial charge < -0.3 is 10.1 Å². The maximum Gasteiger partial charge on any atom is 0.137 e. The number of rotatable bonds is 5. The van der Waals surface area contributed by atoms with Crippen molar-refractivity contribution in [1.82, 2.24) is 5.32 Å². The van der Waals surface area contributed by atoms with Crippen molar-refractivity contribution in [2.45, 2.75) is 13.0 Å². The highest BCUT2D eigenvalue weighted by molar-refractivity contribution is 9.11. The zero-order valence-electron chi connectivity index (χ0n) is 10.3. The Bertz CT molecular complexity index is 408. The molecule has 1 aromatic rings. The van der Waals surface area contributed by atoms with E-state index in [1.54, 1.807) is 7.11 Å². The summed E-state index contributed by atoms with van der Waals surface area (Å²) in [6, 6.07) is 4.12. The van der Waals surface area contributed by atoms with E-state index in [0.717, 1.165) is 33.7 Å². The smallest absolute Gasteiger partial charge is 0.137 e. The Hall–Kier alpha value is 0.290. The highest BCUT2D eigenvalue weighted by Crippen LogP contribution is 2.32. The van der Waals surface area contributed by atoms with Crippen LogP contribution in [0.4, 0.5) is 0 Å². The van der Waals surface area contributed by atoms with Crippen molar-refractivity contribution in [1.29, 1.82) is 0 Å². The lowest BCUT2D eigenvalue weighted by Gasteiger charge is -2.14. The summed E-state index contributed by atoms with van der Waals surface area (Å²) in [4.78, 5) is 0. The molecule has 1 atom stereocenters. The molecule has 0 aromatic heterocycles. The van der Waals surface area contributed by atoms with Gasteiger partial charge in [0, 0.05) is 16.6 Å². The molecule has 1 aliphatic rings. The summed E-state index contributed by atoms with van der Waals surface area (Å²) < 4.78 is 7.51. The zero-order valence-corrected chi connectivity index (χ0v) is 14.3. The van der Waals surface area contributed by atoms with Gasteiger partial charge in [0.05, 0.1) is 11.6 Å². The van der Waals surface area contributed by atoms with E-state index in [0.29, 0.717) is 0 Å². The Morgan fingerprint density at radius 2 is 2.28 bits per heavy atom. The van der Waals surface area contributed by atoms with Crippen LogP contribution in [0.1, 0.15) is 12.0 Å². The summed E-state index contributed by atoms with van der Waals surface area (Å²) in [5.74, 6) is 4.37. The van der Waals surface area contributed by atoms with Crippen molar-refractivity contribution in [2.75, 3.05) is 25.2 Å². The summed E-state index contributed by atoms with van der Waals surface area (Å²) in [6.45, 7) is 1.95. The van der Waals surface area contributed by atoms with Crippen molar-refractivity contribution < 1.29 is 4.74 Å². The second-order valence-corrected chi connectivity index (χ2v) is 7.36. The van der Waals surface area contributed by atoms with Crippen LogP contribution >= 0.6 is 43.6 Å². The van der Waals surface area contributed by atoms with Crippen LogP contribution in [0.2, 0.25) is 0 Å². The molecule has 2 rings (SSSR count). The largest absolute Gasteiger partial charge is 0.495 e. The van der Waals surface area contributed by atoms with Gasteiger partial charge in [0.25, 0.3) is 0 Å². The number of hydrogen-bond acceptors (Lipinski definition) is 3. The molecule has 5 heteroatoms. The lowest BCUT2D eigenvalue weighted by atomic mass is 10.1. The van der Waals surface area contributed by atoms with E-state index < -0.39 is 0 Å². The monoisotopic (exact) mass is 393 g/mol. The summed E-state index contributed by atoms with van der Waals surface area (Å²) in [5.41, 5.74) is 1.18. The molecule has 0 radical (unpaired) electrons. The maximum absolute atomic E-state index is 5.44. The molecule has 100 valence electrons. The minimum absolute atomic E-state index is 0.830. The van der Waals surface area contributed by atoms with Crippen LogP contribution in [0.5, 0.6) is 5.75 Å². The number of methoxy groups -OCH3 is 1. The molecule has 1 unspecified atom stereocenters. The van der Waals surface area contributed by atoms with Gasteiger partial charge in [-0.2, -0.15) is 11.8 Å². The topological polar surface area (TPSA) is 21.3 Å². The van der Waals surface area contributed by atoms with E-state index in [9.17, 15) is 0 Å². The lowest BCUT2D eigenvalue weighted by Crippen LogP contribution is -2.22.